The number of carbonyl (C=O) groups is 1. The molecule has 108 valence electrons. The summed E-state index contributed by atoms with van der Waals surface area (Å²) >= 11 is 6.22. The summed E-state index contributed by atoms with van der Waals surface area (Å²) in [4.78, 5) is 13.4. The van der Waals surface area contributed by atoms with Crippen LogP contribution in [-0.4, -0.2) is 44.7 Å². The summed E-state index contributed by atoms with van der Waals surface area (Å²) in [5.41, 5.74) is 6.19. The number of sulfonamides is 1. The lowest BCUT2D eigenvalue weighted by molar-refractivity contribution is -0.125. The maximum absolute atomic E-state index is 12.4. The predicted molar refractivity (Wildman–Crippen MR) is 77.3 cm³/mol. The molecule has 0 atom stereocenters. The van der Waals surface area contributed by atoms with Gasteiger partial charge in [0, 0.05) is 32.4 Å². The molecule has 0 saturated carbocycles. The number of nitrogens with two attached hydrogens (primary N) is 1. The highest BCUT2D eigenvalue weighted by Crippen LogP contribution is 2.39. The topological polar surface area (TPSA) is 83.7 Å². The van der Waals surface area contributed by atoms with Crippen LogP contribution in [0.25, 0.3) is 5.03 Å². The molecule has 0 fully saturated rings. The third-order valence-electron chi connectivity index (χ3n) is 3.01. The van der Waals surface area contributed by atoms with E-state index in [1.54, 1.807) is 0 Å². The minimum absolute atomic E-state index is 0.0366. The Hall–Kier alpha value is -1.73. The third-order valence-corrected chi connectivity index (χ3v) is 5.21. The van der Waals surface area contributed by atoms with Crippen LogP contribution in [0, 0.1) is 0 Å². The quantitative estimate of drug-likeness (QED) is 0.780. The van der Waals surface area contributed by atoms with E-state index in [1.165, 1.54) is 44.2 Å². The van der Waals surface area contributed by atoms with Crippen LogP contribution < -0.4 is 5.73 Å². The van der Waals surface area contributed by atoms with Gasteiger partial charge >= 0.3 is 0 Å². The van der Waals surface area contributed by atoms with Gasteiger partial charge in [0.1, 0.15) is 5.70 Å². The Morgan fingerprint density at radius 3 is 2.50 bits per heavy atom. The number of anilines is 1. The van der Waals surface area contributed by atoms with Crippen molar-refractivity contribution in [1.82, 2.24) is 9.21 Å². The van der Waals surface area contributed by atoms with E-state index in [0.29, 0.717) is 5.69 Å². The number of benzene rings is 1. The average molecular weight is 316 g/mol. The van der Waals surface area contributed by atoms with Crippen LogP contribution in [0.5, 0.6) is 0 Å². The number of hydrogen-bond donors (Lipinski definition) is 1. The van der Waals surface area contributed by atoms with E-state index in [4.69, 9.17) is 17.3 Å². The van der Waals surface area contributed by atoms with E-state index < -0.39 is 15.9 Å². The molecule has 6 nitrogen and oxygen atoms in total. The number of nitrogens with zero attached hydrogens (tertiary/aromatic N) is 2. The summed E-state index contributed by atoms with van der Waals surface area (Å²) in [5.74, 6) is -0.492. The predicted octanol–water partition coefficient (Wildman–Crippen LogP) is 0.899. The lowest BCUT2D eigenvalue weighted by atomic mass is 10.1. The van der Waals surface area contributed by atoms with E-state index in [-0.39, 0.29) is 21.2 Å². The van der Waals surface area contributed by atoms with Gasteiger partial charge < -0.3 is 10.6 Å². The molecular formula is C12H14ClN3O3S. The fraction of sp³-hybridized carbons (Fsp3) is 0.250. The standard InChI is InChI=1S/C12H14ClN3O3S/c1-15(2)12(17)11-10(13)8-6-7(14)4-5-9(8)20(18,19)16(11)3/h4-6H,14H2,1-3H3. The minimum atomic E-state index is -3.81. The smallest absolute Gasteiger partial charge is 0.272 e. The highest BCUT2D eigenvalue weighted by Gasteiger charge is 2.37. The maximum atomic E-state index is 12.4. The van der Waals surface area contributed by atoms with Crippen LogP contribution in [-0.2, 0) is 14.8 Å². The highest BCUT2D eigenvalue weighted by molar-refractivity contribution is 7.89. The molecule has 1 heterocycles. The SMILES string of the molecule is CN(C)C(=O)C1=C(Cl)c2cc(N)ccc2S(=O)(=O)N1C. The van der Waals surface area contributed by atoms with Crippen molar-refractivity contribution in [1.29, 1.82) is 0 Å². The number of carbonyl (C=O) groups excluding carboxylic acids is 1. The van der Waals surface area contributed by atoms with Gasteiger partial charge in [-0.25, -0.2) is 8.42 Å². The summed E-state index contributed by atoms with van der Waals surface area (Å²) in [5, 5.41) is 0.0725. The van der Waals surface area contributed by atoms with Gasteiger partial charge in [-0.15, -0.1) is 0 Å². The number of hydrogen-bond acceptors (Lipinski definition) is 4. The van der Waals surface area contributed by atoms with E-state index in [1.807, 2.05) is 0 Å². The second kappa shape index (κ2) is 4.68. The molecule has 1 amide bonds. The number of amides is 1. The normalized spacial score (nSPS) is 16.9. The van der Waals surface area contributed by atoms with Crippen molar-refractivity contribution < 1.29 is 13.2 Å². The monoisotopic (exact) mass is 315 g/mol. The van der Waals surface area contributed by atoms with Gasteiger partial charge in [-0.1, -0.05) is 11.6 Å². The van der Waals surface area contributed by atoms with E-state index in [0.717, 1.165) is 4.31 Å². The molecule has 2 rings (SSSR count). The number of nitrogen functional groups attached to an aromatic ring is 1. The largest absolute Gasteiger partial charge is 0.399 e. The Balaban J connectivity index is 2.82. The van der Waals surface area contributed by atoms with Crippen LogP contribution in [0.15, 0.2) is 28.8 Å². The number of rotatable bonds is 1. The van der Waals surface area contributed by atoms with Crippen LogP contribution >= 0.6 is 11.6 Å². The molecule has 1 aromatic rings. The second-order valence-electron chi connectivity index (χ2n) is 4.59. The molecule has 20 heavy (non-hydrogen) atoms. The number of fused-ring (bicyclic) bond motifs is 1. The fourth-order valence-electron chi connectivity index (χ4n) is 1.92. The number of halogens is 1. The van der Waals surface area contributed by atoms with Gasteiger partial charge in [0.2, 0.25) is 0 Å². The van der Waals surface area contributed by atoms with Crippen molar-refractivity contribution in [3.8, 4) is 0 Å². The number of likely N-dealkylation sites (N-methyl/N-ethyl adjacent to an activating group) is 2. The minimum Gasteiger partial charge on any atom is -0.399 e. The Morgan fingerprint density at radius 1 is 1.35 bits per heavy atom. The van der Waals surface area contributed by atoms with Crippen molar-refractivity contribution in [2.75, 3.05) is 26.9 Å². The maximum Gasteiger partial charge on any atom is 0.272 e. The Labute approximate surface area is 122 Å². The van der Waals surface area contributed by atoms with Crippen LogP contribution in [0.2, 0.25) is 0 Å². The lowest BCUT2D eigenvalue weighted by Gasteiger charge is -2.30. The molecule has 0 spiro atoms. The molecule has 1 aliphatic rings. The van der Waals surface area contributed by atoms with Gasteiger partial charge in [-0.05, 0) is 18.2 Å². The molecule has 0 saturated heterocycles. The van der Waals surface area contributed by atoms with Crippen molar-refractivity contribution >= 4 is 38.3 Å². The van der Waals surface area contributed by atoms with E-state index in [2.05, 4.69) is 0 Å². The summed E-state index contributed by atoms with van der Waals surface area (Å²) < 4.78 is 25.7. The third kappa shape index (κ3) is 2.03. The second-order valence-corrected chi connectivity index (χ2v) is 6.91. The Bertz CT molecular complexity index is 725. The first-order chi connectivity index (χ1) is 9.17. The molecule has 0 unspecified atom stereocenters. The van der Waals surface area contributed by atoms with Crippen LogP contribution in [0.1, 0.15) is 5.56 Å². The Kier molecular flexibility index (Phi) is 3.43. The van der Waals surface area contributed by atoms with Crippen molar-refractivity contribution in [3.63, 3.8) is 0 Å². The summed E-state index contributed by atoms with van der Waals surface area (Å²) in [6.07, 6.45) is 0. The molecule has 1 aliphatic heterocycles. The molecule has 0 bridgehead atoms. The molecule has 8 heteroatoms. The summed E-state index contributed by atoms with van der Waals surface area (Å²) in [6.45, 7) is 0. The van der Waals surface area contributed by atoms with Gasteiger partial charge in [0.15, 0.2) is 0 Å². The van der Waals surface area contributed by atoms with E-state index in [9.17, 15) is 13.2 Å². The highest BCUT2D eigenvalue weighted by atomic mass is 35.5. The summed E-state index contributed by atoms with van der Waals surface area (Å²) in [6, 6.07) is 4.31. The zero-order valence-corrected chi connectivity index (χ0v) is 12.8. The van der Waals surface area contributed by atoms with Crippen LogP contribution in [0.4, 0.5) is 5.69 Å². The van der Waals surface area contributed by atoms with Crippen molar-refractivity contribution in [2.45, 2.75) is 4.90 Å². The first-order valence-electron chi connectivity index (χ1n) is 5.68. The van der Waals surface area contributed by atoms with Gasteiger partial charge in [0.25, 0.3) is 15.9 Å². The first kappa shape index (κ1) is 14.7. The molecule has 0 aliphatic carbocycles. The molecule has 0 radical (unpaired) electrons. The van der Waals surface area contributed by atoms with Gasteiger partial charge in [-0.3, -0.25) is 9.10 Å². The van der Waals surface area contributed by atoms with Gasteiger partial charge in [-0.2, -0.15) is 0 Å². The molecule has 1 aromatic carbocycles. The zero-order valence-electron chi connectivity index (χ0n) is 11.2. The summed E-state index contributed by atoms with van der Waals surface area (Å²) in [7, 11) is 0.534. The van der Waals surface area contributed by atoms with Crippen molar-refractivity contribution in [2.24, 2.45) is 0 Å². The van der Waals surface area contributed by atoms with Gasteiger partial charge in [0.05, 0.1) is 9.93 Å². The molecule has 0 aromatic heterocycles. The zero-order chi connectivity index (χ0) is 15.2. The van der Waals surface area contributed by atoms with Crippen molar-refractivity contribution in [3.05, 3.63) is 29.5 Å². The van der Waals surface area contributed by atoms with Crippen LogP contribution in [0.3, 0.4) is 0 Å². The Morgan fingerprint density at radius 2 is 1.95 bits per heavy atom. The molecule has 2 N–H and O–H groups in total. The lowest BCUT2D eigenvalue weighted by Crippen LogP contribution is -2.38. The molecular weight excluding hydrogens is 302 g/mol. The fourth-order valence-corrected chi connectivity index (χ4v) is 3.77. The van der Waals surface area contributed by atoms with E-state index >= 15 is 0 Å². The average Bonchev–Trinajstić information content (AvgIpc) is 2.36. The first-order valence-corrected chi connectivity index (χ1v) is 7.50.